The summed E-state index contributed by atoms with van der Waals surface area (Å²) in [6, 6.07) is 16.1. The average Bonchev–Trinajstić information content (AvgIpc) is 2.67. The highest BCUT2D eigenvalue weighted by atomic mass is 16.5. The van der Waals surface area contributed by atoms with E-state index in [1.807, 2.05) is 42.5 Å². The van der Waals surface area contributed by atoms with Crippen LogP contribution in [0.2, 0.25) is 0 Å². The van der Waals surface area contributed by atoms with Crippen molar-refractivity contribution in [2.75, 3.05) is 18.5 Å². The van der Waals surface area contributed by atoms with Crippen LogP contribution in [0.5, 0.6) is 0 Å². The van der Waals surface area contributed by atoms with Crippen molar-refractivity contribution in [1.82, 2.24) is 0 Å². The summed E-state index contributed by atoms with van der Waals surface area (Å²) in [4.78, 5) is 4.25. The van der Waals surface area contributed by atoms with E-state index in [1.54, 1.807) is 0 Å². The summed E-state index contributed by atoms with van der Waals surface area (Å²) in [6.07, 6.45) is 3.97. The van der Waals surface area contributed by atoms with Gasteiger partial charge in [-0.1, -0.05) is 42.5 Å². The number of aliphatic hydroxyl groups excluding tert-OH is 1. The maximum Gasteiger partial charge on any atom is 0.193 e. The Balaban J connectivity index is 1.46. The van der Waals surface area contributed by atoms with Crippen LogP contribution in [0.15, 0.2) is 53.5 Å². The van der Waals surface area contributed by atoms with Crippen LogP contribution in [0, 0.1) is 0 Å². The molecule has 138 valence electrons. The lowest BCUT2D eigenvalue weighted by molar-refractivity contribution is 0.0331. The molecule has 0 aromatic heterocycles. The van der Waals surface area contributed by atoms with Crippen LogP contribution in [0.3, 0.4) is 0 Å². The summed E-state index contributed by atoms with van der Waals surface area (Å²) < 4.78 is 5.53. The fraction of sp³-hybridized carbons (Fsp3) is 0.381. The van der Waals surface area contributed by atoms with Crippen LogP contribution in [-0.2, 0) is 24.2 Å². The minimum Gasteiger partial charge on any atom is -0.389 e. The summed E-state index contributed by atoms with van der Waals surface area (Å²) in [5.41, 5.74) is 10.8. The van der Waals surface area contributed by atoms with Crippen molar-refractivity contribution in [1.29, 1.82) is 0 Å². The van der Waals surface area contributed by atoms with Gasteiger partial charge in [0.25, 0.3) is 0 Å². The lowest BCUT2D eigenvalue weighted by Crippen LogP contribution is -2.27. The number of aliphatic hydroxyl groups is 1. The number of guanidine groups is 1. The average molecular weight is 353 g/mol. The zero-order valence-electron chi connectivity index (χ0n) is 15.0. The van der Waals surface area contributed by atoms with E-state index in [1.165, 1.54) is 24.0 Å². The van der Waals surface area contributed by atoms with Crippen molar-refractivity contribution in [3.8, 4) is 0 Å². The van der Waals surface area contributed by atoms with Crippen molar-refractivity contribution in [3.63, 3.8) is 0 Å². The number of anilines is 1. The van der Waals surface area contributed by atoms with Gasteiger partial charge < -0.3 is 20.9 Å². The number of ether oxygens (including phenoxy) is 1. The molecule has 0 saturated carbocycles. The zero-order valence-corrected chi connectivity index (χ0v) is 15.0. The topological polar surface area (TPSA) is 79.9 Å². The van der Waals surface area contributed by atoms with Crippen molar-refractivity contribution in [2.24, 2.45) is 10.7 Å². The number of nitrogens with two attached hydrogens (primary N) is 1. The minimum atomic E-state index is -0.677. The summed E-state index contributed by atoms with van der Waals surface area (Å²) in [6.45, 7) is 0.917. The van der Waals surface area contributed by atoms with Gasteiger partial charge in [-0.2, -0.15) is 0 Å². The first-order chi connectivity index (χ1) is 12.7. The van der Waals surface area contributed by atoms with Crippen LogP contribution < -0.4 is 11.1 Å². The Morgan fingerprint density at radius 1 is 1.12 bits per heavy atom. The number of hydrogen-bond donors (Lipinski definition) is 3. The number of aliphatic imine (C=N–C) groups is 1. The van der Waals surface area contributed by atoms with E-state index in [4.69, 9.17) is 10.5 Å². The van der Waals surface area contributed by atoms with Gasteiger partial charge in [0.2, 0.25) is 0 Å². The smallest absolute Gasteiger partial charge is 0.193 e. The zero-order chi connectivity index (χ0) is 18.2. The molecule has 0 amide bonds. The summed E-state index contributed by atoms with van der Waals surface area (Å²) >= 11 is 0. The summed E-state index contributed by atoms with van der Waals surface area (Å²) in [5, 5.41) is 13.2. The molecule has 0 spiro atoms. The van der Waals surface area contributed by atoms with E-state index < -0.39 is 6.10 Å². The Morgan fingerprint density at radius 2 is 1.92 bits per heavy atom. The number of fused-ring (bicyclic) bond motifs is 1. The van der Waals surface area contributed by atoms with E-state index in [2.05, 4.69) is 16.4 Å². The van der Waals surface area contributed by atoms with Gasteiger partial charge in [-0.3, -0.25) is 4.99 Å². The van der Waals surface area contributed by atoms with Crippen LogP contribution in [0.25, 0.3) is 0 Å². The molecule has 5 nitrogen and oxygen atoms in total. The van der Waals surface area contributed by atoms with E-state index in [0.717, 1.165) is 24.1 Å². The summed E-state index contributed by atoms with van der Waals surface area (Å²) in [7, 11) is 0. The third-order valence-electron chi connectivity index (χ3n) is 4.55. The van der Waals surface area contributed by atoms with Gasteiger partial charge >= 0.3 is 0 Å². The first-order valence-electron chi connectivity index (χ1n) is 9.20. The van der Waals surface area contributed by atoms with Gasteiger partial charge in [0.1, 0.15) is 0 Å². The highest BCUT2D eigenvalue weighted by Crippen LogP contribution is 2.27. The standard InChI is InChI=1S/C21H27N3O2/c22-21(24-20-12-6-10-17-9-4-5-11-19(17)20)23-13-18(25)15-26-14-16-7-2-1-3-8-16/h1-3,6-8,10,12,18,25H,4-5,9,11,13-15H2,(H3,22,23,24). The van der Waals surface area contributed by atoms with Crippen molar-refractivity contribution in [2.45, 2.75) is 38.4 Å². The maximum absolute atomic E-state index is 10.0. The molecule has 4 N–H and O–H groups in total. The van der Waals surface area contributed by atoms with Gasteiger partial charge in [-0.25, -0.2) is 0 Å². The first kappa shape index (κ1) is 18.4. The molecule has 0 bridgehead atoms. The van der Waals surface area contributed by atoms with Gasteiger partial charge in [-0.05, 0) is 48.4 Å². The fourth-order valence-electron chi connectivity index (χ4n) is 3.22. The van der Waals surface area contributed by atoms with Gasteiger partial charge in [0, 0.05) is 5.69 Å². The number of benzene rings is 2. The molecule has 0 fully saturated rings. The van der Waals surface area contributed by atoms with Crippen molar-refractivity contribution >= 4 is 11.6 Å². The number of rotatable bonds is 7. The largest absolute Gasteiger partial charge is 0.389 e. The molecule has 2 aromatic rings. The highest BCUT2D eigenvalue weighted by Gasteiger charge is 2.13. The molecule has 26 heavy (non-hydrogen) atoms. The maximum atomic E-state index is 10.0. The number of nitrogens with zero attached hydrogens (tertiary/aromatic N) is 1. The molecule has 2 aromatic carbocycles. The quantitative estimate of drug-likeness (QED) is 0.528. The molecule has 0 saturated heterocycles. The van der Waals surface area contributed by atoms with E-state index in [0.29, 0.717) is 12.6 Å². The van der Waals surface area contributed by atoms with Crippen LogP contribution >= 0.6 is 0 Å². The highest BCUT2D eigenvalue weighted by molar-refractivity contribution is 5.93. The first-order valence-corrected chi connectivity index (χ1v) is 9.20. The van der Waals surface area contributed by atoms with E-state index in [-0.39, 0.29) is 13.2 Å². The third kappa shape index (κ3) is 5.31. The fourth-order valence-corrected chi connectivity index (χ4v) is 3.22. The normalized spacial score (nSPS) is 15.3. The van der Waals surface area contributed by atoms with E-state index >= 15 is 0 Å². The van der Waals surface area contributed by atoms with Crippen LogP contribution in [-0.4, -0.2) is 30.3 Å². The monoisotopic (exact) mass is 353 g/mol. The van der Waals surface area contributed by atoms with E-state index in [9.17, 15) is 5.11 Å². The molecule has 1 aliphatic carbocycles. The van der Waals surface area contributed by atoms with Crippen molar-refractivity contribution < 1.29 is 9.84 Å². The number of aryl methyl sites for hydroxylation is 1. The Hall–Kier alpha value is -2.37. The van der Waals surface area contributed by atoms with Crippen LogP contribution in [0.4, 0.5) is 5.69 Å². The second kappa shape index (κ2) is 9.36. The Bertz CT molecular complexity index is 731. The molecule has 1 aliphatic rings. The van der Waals surface area contributed by atoms with Gasteiger partial charge in [-0.15, -0.1) is 0 Å². The Kier molecular flexibility index (Phi) is 6.63. The lowest BCUT2D eigenvalue weighted by atomic mass is 9.90. The number of nitrogens with one attached hydrogen (secondary N) is 1. The minimum absolute atomic E-state index is 0.211. The predicted molar refractivity (Wildman–Crippen MR) is 105 cm³/mol. The van der Waals surface area contributed by atoms with Crippen molar-refractivity contribution in [3.05, 3.63) is 65.2 Å². The molecule has 0 radical (unpaired) electrons. The third-order valence-corrected chi connectivity index (χ3v) is 4.55. The SMILES string of the molecule is NC(=NCC(O)COCc1ccccc1)Nc1cccc2c1CCCC2. The molecule has 1 atom stereocenters. The Morgan fingerprint density at radius 3 is 2.77 bits per heavy atom. The number of hydrogen-bond acceptors (Lipinski definition) is 3. The molecule has 3 rings (SSSR count). The molecule has 0 aliphatic heterocycles. The molecule has 0 heterocycles. The van der Waals surface area contributed by atoms with Crippen LogP contribution in [0.1, 0.15) is 29.5 Å². The molecular formula is C21H27N3O2. The second-order valence-electron chi connectivity index (χ2n) is 6.66. The molecular weight excluding hydrogens is 326 g/mol. The Labute approximate surface area is 154 Å². The second-order valence-corrected chi connectivity index (χ2v) is 6.66. The molecule has 5 heteroatoms. The summed E-state index contributed by atoms with van der Waals surface area (Å²) in [5.74, 6) is 0.325. The molecule has 1 unspecified atom stereocenters. The lowest BCUT2D eigenvalue weighted by Gasteiger charge is -2.20. The predicted octanol–water partition coefficient (Wildman–Crippen LogP) is 2.87. The van der Waals surface area contributed by atoms with Gasteiger partial charge in [0.15, 0.2) is 5.96 Å². The van der Waals surface area contributed by atoms with Gasteiger partial charge in [0.05, 0.1) is 25.9 Å².